The van der Waals surface area contributed by atoms with Crippen molar-refractivity contribution in [1.29, 1.82) is 0 Å². The molecule has 0 radical (unpaired) electrons. The third-order valence-corrected chi connectivity index (χ3v) is 4.08. The Morgan fingerprint density at radius 3 is 1.89 bits per heavy atom. The molecule has 0 heterocycles. The predicted octanol–water partition coefficient (Wildman–Crippen LogP) is 3.02. The van der Waals surface area contributed by atoms with Gasteiger partial charge in [-0.05, 0) is 31.4 Å². The van der Waals surface area contributed by atoms with Crippen molar-refractivity contribution in [1.82, 2.24) is 5.32 Å². The molecule has 1 aromatic rings. The van der Waals surface area contributed by atoms with E-state index < -0.39 is 0 Å². The lowest BCUT2D eigenvalue weighted by Crippen LogP contribution is -2.47. The van der Waals surface area contributed by atoms with E-state index in [2.05, 4.69) is 26.1 Å². The normalized spacial score (nSPS) is 11.1. The number of hydrogen-bond acceptors (Lipinski definition) is 2. The highest BCUT2D eigenvalue weighted by molar-refractivity contribution is 7.80. The molecule has 0 bridgehead atoms. The summed E-state index contributed by atoms with van der Waals surface area (Å²) in [6, 6.07) is 7.08. The maximum atomic E-state index is 12.2. The fourth-order valence-electron chi connectivity index (χ4n) is 2.11. The lowest BCUT2D eigenvalue weighted by Gasteiger charge is -2.31. The number of nitrogens with two attached hydrogens (primary N) is 1. The summed E-state index contributed by atoms with van der Waals surface area (Å²) >= 11 is 4.89. The second kappa shape index (κ2) is 6.66. The van der Waals surface area contributed by atoms with Gasteiger partial charge in [0.15, 0.2) is 0 Å². The van der Waals surface area contributed by atoms with Crippen molar-refractivity contribution in [3.8, 4) is 0 Å². The van der Waals surface area contributed by atoms with Crippen LogP contribution in [0.5, 0.6) is 0 Å². The van der Waals surface area contributed by atoms with Gasteiger partial charge in [0, 0.05) is 16.7 Å². The largest absolute Gasteiger partial charge is 0.389 e. The summed E-state index contributed by atoms with van der Waals surface area (Å²) in [5.41, 5.74) is 6.84. The molecule has 3 N–H and O–H groups in total. The zero-order valence-corrected chi connectivity index (χ0v) is 12.6. The van der Waals surface area contributed by atoms with Gasteiger partial charge in [0.1, 0.15) is 4.99 Å². The average molecular weight is 278 g/mol. The quantitative estimate of drug-likeness (QED) is 0.786. The van der Waals surface area contributed by atoms with E-state index in [4.69, 9.17) is 18.0 Å². The Morgan fingerprint density at radius 1 is 1.11 bits per heavy atom. The first kappa shape index (κ1) is 15.6. The molecule has 0 aliphatic rings. The Balaban J connectivity index is 2.86. The lowest BCUT2D eigenvalue weighted by atomic mass is 9.89. The van der Waals surface area contributed by atoms with Crippen LogP contribution in [0.1, 0.15) is 56.0 Å². The molecule has 0 aliphatic carbocycles. The maximum absolute atomic E-state index is 12.2. The Bertz CT molecular complexity index is 441. The minimum absolute atomic E-state index is 0.0416. The van der Waals surface area contributed by atoms with Crippen molar-refractivity contribution >= 4 is 23.1 Å². The van der Waals surface area contributed by atoms with Crippen LogP contribution in [0, 0.1) is 0 Å². The zero-order chi connectivity index (χ0) is 14.5. The SMILES string of the molecule is CCC(CC)(CC)NC(=O)c1ccc(C(N)=S)cc1. The lowest BCUT2D eigenvalue weighted by molar-refractivity contribution is 0.0888. The molecule has 0 aliphatic heterocycles. The third kappa shape index (κ3) is 3.77. The van der Waals surface area contributed by atoms with Crippen LogP contribution in [0.15, 0.2) is 24.3 Å². The first-order valence-corrected chi connectivity index (χ1v) is 7.11. The number of hydrogen-bond donors (Lipinski definition) is 2. The highest BCUT2D eigenvalue weighted by atomic mass is 32.1. The summed E-state index contributed by atoms with van der Waals surface area (Å²) in [4.78, 5) is 12.6. The number of carbonyl (C=O) groups excluding carboxylic acids is 1. The molecule has 0 aromatic heterocycles. The molecule has 0 saturated carbocycles. The number of benzene rings is 1. The number of rotatable bonds is 6. The Morgan fingerprint density at radius 2 is 1.53 bits per heavy atom. The molecular weight excluding hydrogens is 256 g/mol. The summed E-state index contributed by atoms with van der Waals surface area (Å²) in [7, 11) is 0. The standard InChI is InChI=1S/C15H22N2OS/c1-4-15(5-2,6-3)17-14(18)12-9-7-11(8-10-12)13(16)19/h7-10H,4-6H2,1-3H3,(H2,16,19)(H,17,18). The molecule has 104 valence electrons. The molecule has 0 atom stereocenters. The molecule has 0 fully saturated rings. The van der Waals surface area contributed by atoms with Gasteiger partial charge < -0.3 is 11.1 Å². The van der Waals surface area contributed by atoms with E-state index >= 15 is 0 Å². The molecule has 1 aromatic carbocycles. The Hall–Kier alpha value is -1.42. The van der Waals surface area contributed by atoms with Gasteiger partial charge in [0.25, 0.3) is 5.91 Å². The summed E-state index contributed by atoms with van der Waals surface area (Å²) in [6.45, 7) is 6.30. The zero-order valence-electron chi connectivity index (χ0n) is 11.8. The maximum Gasteiger partial charge on any atom is 0.251 e. The Labute approximate surface area is 120 Å². The highest BCUT2D eigenvalue weighted by Crippen LogP contribution is 2.20. The van der Waals surface area contributed by atoms with Crippen molar-refractivity contribution in [3.05, 3.63) is 35.4 Å². The molecule has 1 rings (SSSR count). The molecule has 0 spiro atoms. The number of carbonyl (C=O) groups is 1. The van der Waals surface area contributed by atoms with Crippen LogP contribution in [0.25, 0.3) is 0 Å². The van der Waals surface area contributed by atoms with E-state index in [1.165, 1.54) is 0 Å². The number of amides is 1. The van der Waals surface area contributed by atoms with E-state index in [1.807, 2.05) is 0 Å². The van der Waals surface area contributed by atoms with Gasteiger partial charge in [0.2, 0.25) is 0 Å². The second-order valence-corrected chi connectivity index (χ2v) is 5.18. The fraction of sp³-hybridized carbons (Fsp3) is 0.467. The van der Waals surface area contributed by atoms with Crippen LogP contribution < -0.4 is 11.1 Å². The van der Waals surface area contributed by atoms with Gasteiger partial charge in [-0.1, -0.05) is 45.1 Å². The first-order chi connectivity index (χ1) is 8.98. The van der Waals surface area contributed by atoms with Crippen molar-refractivity contribution in [2.24, 2.45) is 5.73 Å². The van der Waals surface area contributed by atoms with E-state index in [9.17, 15) is 4.79 Å². The summed E-state index contributed by atoms with van der Waals surface area (Å²) in [5, 5.41) is 3.14. The predicted molar refractivity (Wildman–Crippen MR) is 83.4 cm³/mol. The smallest absolute Gasteiger partial charge is 0.251 e. The van der Waals surface area contributed by atoms with Crippen molar-refractivity contribution in [2.45, 2.75) is 45.6 Å². The second-order valence-electron chi connectivity index (χ2n) is 4.74. The van der Waals surface area contributed by atoms with E-state index in [0.717, 1.165) is 24.8 Å². The van der Waals surface area contributed by atoms with Crippen LogP contribution >= 0.6 is 12.2 Å². The van der Waals surface area contributed by atoms with Gasteiger partial charge in [-0.15, -0.1) is 0 Å². The summed E-state index contributed by atoms with van der Waals surface area (Å²) in [5.74, 6) is -0.0416. The number of nitrogens with one attached hydrogen (secondary N) is 1. The van der Waals surface area contributed by atoms with Gasteiger partial charge in [-0.2, -0.15) is 0 Å². The topological polar surface area (TPSA) is 55.1 Å². The summed E-state index contributed by atoms with van der Waals surface area (Å²) in [6.07, 6.45) is 2.78. The van der Waals surface area contributed by atoms with Crippen molar-refractivity contribution in [2.75, 3.05) is 0 Å². The van der Waals surface area contributed by atoms with E-state index in [1.54, 1.807) is 24.3 Å². The third-order valence-electron chi connectivity index (χ3n) is 3.84. The minimum Gasteiger partial charge on any atom is -0.389 e. The Kier molecular flexibility index (Phi) is 5.48. The van der Waals surface area contributed by atoms with Crippen molar-refractivity contribution in [3.63, 3.8) is 0 Å². The van der Waals surface area contributed by atoms with E-state index in [0.29, 0.717) is 10.6 Å². The monoisotopic (exact) mass is 278 g/mol. The highest BCUT2D eigenvalue weighted by Gasteiger charge is 2.26. The van der Waals surface area contributed by atoms with E-state index in [-0.39, 0.29) is 11.4 Å². The van der Waals surface area contributed by atoms with Gasteiger partial charge in [-0.3, -0.25) is 4.79 Å². The summed E-state index contributed by atoms with van der Waals surface area (Å²) < 4.78 is 0. The van der Waals surface area contributed by atoms with Crippen LogP contribution in [0.3, 0.4) is 0 Å². The molecule has 4 heteroatoms. The molecule has 1 amide bonds. The van der Waals surface area contributed by atoms with Crippen LogP contribution in [-0.4, -0.2) is 16.4 Å². The molecule has 3 nitrogen and oxygen atoms in total. The molecule has 19 heavy (non-hydrogen) atoms. The van der Waals surface area contributed by atoms with Gasteiger partial charge in [0.05, 0.1) is 0 Å². The first-order valence-electron chi connectivity index (χ1n) is 6.70. The average Bonchev–Trinajstić information content (AvgIpc) is 2.45. The van der Waals surface area contributed by atoms with Crippen LogP contribution in [0.2, 0.25) is 0 Å². The molecular formula is C15H22N2OS. The van der Waals surface area contributed by atoms with Gasteiger partial charge in [-0.25, -0.2) is 0 Å². The number of thiocarbonyl (C=S) groups is 1. The van der Waals surface area contributed by atoms with Crippen molar-refractivity contribution < 1.29 is 4.79 Å². The molecule has 0 unspecified atom stereocenters. The van der Waals surface area contributed by atoms with Crippen LogP contribution in [-0.2, 0) is 0 Å². The van der Waals surface area contributed by atoms with Gasteiger partial charge >= 0.3 is 0 Å². The fourth-order valence-corrected chi connectivity index (χ4v) is 2.25. The minimum atomic E-state index is -0.112. The molecule has 0 saturated heterocycles. The van der Waals surface area contributed by atoms with Crippen LogP contribution in [0.4, 0.5) is 0 Å².